The highest BCUT2D eigenvalue weighted by atomic mass is 15.3. The molecule has 0 atom stereocenters. The minimum atomic E-state index is 0.379. The number of hydrogen-bond acceptors (Lipinski definition) is 3. The normalized spacial score (nSPS) is 11.2. The molecule has 0 radical (unpaired) electrons. The zero-order valence-electron chi connectivity index (χ0n) is 11.7. The molecule has 20 heavy (non-hydrogen) atoms. The maximum atomic E-state index is 4.47. The van der Waals surface area contributed by atoms with Gasteiger partial charge in [0.1, 0.15) is 0 Å². The number of benzene rings is 1. The lowest BCUT2D eigenvalue weighted by atomic mass is 10.1. The van der Waals surface area contributed by atoms with Crippen molar-refractivity contribution in [2.24, 2.45) is 0 Å². The van der Waals surface area contributed by atoms with Crippen LogP contribution in [0.3, 0.4) is 0 Å². The van der Waals surface area contributed by atoms with Crippen molar-refractivity contribution in [3.05, 3.63) is 54.5 Å². The van der Waals surface area contributed by atoms with Crippen molar-refractivity contribution in [1.82, 2.24) is 14.8 Å². The fraction of sp³-hybridized carbons (Fsp3) is 0.250. The van der Waals surface area contributed by atoms with Crippen molar-refractivity contribution < 1.29 is 0 Å². The Morgan fingerprint density at radius 2 is 2.05 bits per heavy atom. The van der Waals surface area contributed by atoms with Gasteiger partial charge in [-0.1, -0.05) is 24.3 Å². The number of nitrogens with zero attached hydrogens (tertiary/aromatic N) is 3. The van der Waals surface area contributed by atoms with Gasteiger partial charge in [-0.15, -0.1) is 0 Å². The summed E-state index contributed by atoms with van der Waals surface area (Å²) in [6, 6.07) is 10.7. The Hall–Kier alpha value is -2.36. The summed E-state index contributed by atoms with van der Waals surface area (Å²) in [4.78, 5) is 4.47. The molecule has 4 nitrogen and oxygen atoms in total. The van der Waals surface area contributed by atoms with Gasteiger partial charge in [-0.25, -0.2) is 0 Å². The molecule has 1 N–H and O–H groups in total. The van der Waals surface area contributed by atoms with Crippen molar-refractivity contribution in [3.63, 3.8) is 0 Å². The minimum Gasteiger partial charge on any atom is -0.378 e. The Balaban J connectivity index is 1.79. The van der Waals surface area contributed by atoms with E-state index in [1.807, 2.05) is 29.3 Å². The highest BCUT2D eigenvalue weighted by Crippen LogP contribution is 2.18. The third kappa shape index (κ3) is 2.50. The van der Waals surface area contributed by atoms with Crippen LogP contribution in [-0.2, 0) is 6.54 Å². The molecule has 2 heterocycles. The van der Waals surface area contributed by atoms with Gasteiger partial charge in [0.05, 0.1) is 17.4 Å². The molecule has 0 amide bonds. The number of fused-ring (bicyclic) bond motifs is 1. The maximum Gasteiger partial charge on any atom is 0.0751 e. The molecule has 3 aromatic rings. The van der Waals surface area contributed by atoms with Crippen LogP contribution in [0.4, 0.5) is 5.69 Å². The van der Waals surface area contributed by atoms with Gasteiger partial charge in [0.15, 0.2) is 0 Å². The van der Waals surface area contributed by atoms with E-state index in [1.165, 1.54) is 10.9 Å². The molecular weight excluding hydrogens is 248 g/mol. The molecule has 3 rings (SSSR count). The molecule has 102 valence electrons. The summed E-state index contributed by atoms with van der Waals surface area (Å²) in [7, 11) is 0. The van der Waals surface area contributed by atoms with Crippen LogP contribution in [0.25, 0.3) is 10.9 Å². The first-order valence-corrected chi connectivity index (χ1v) is 6.84. The van der Waals surface area contributed by atoms with Gasteiger partial charge in [0.2, 0.25) is 0 Å². The van der Waals surface area contributed by atoms with E-state index in [2.05, 4.69) is 53.5 Å². The summed E-state index contributed by atoms with van der Waals surface area (Å²) >= 11 is 0. The molecule has 0 saturated carbocycles. The third-order valence-electron chi connectivity index (χ3n) is 3.33. The summed E-state index contributed by atoms with van der Waals surface area (Å²) in [5.41, 5.74) is 3.28. The van der Waals surface area contributed by atoms with E-state index >= 15 is 0 Å². The molecule has 0 aliphatic carbocycles. The molecule has 0 aliphatic rings. The fourth-order valence-corrected chi connectivity index (χ4v) is 2.22. The molecule has 1 aromatic carbocycles. The van der Waals surface area contributed by atoms with E-state index in [4.69, 9.17) is 0 Å². The molecule has 0 bridgehead atoms. The van der Waals surface area contributed by atoms with E-state index in [0.717, 1.165) is 17.7 Å². The summed E-state index contributed by atoms with van der Waals surface area (Å²) < 4.78 is 1.95. The van der Waals surface area contributed by atoms with Crippen LogP contribution >= 0.6 is 0 Å². The molecule has 0 unspecified atom stereocenters. The maximum absolute atomic E-state index is 4.47. The quantitative estimate of drug-likeness (QED) is 0.784. The van der Waals surface area contributed by atoms with Crippen molar-refractivity contribution in [2.75, 3.05) is 5.32 Å². The highest BCUT2D eigenvalue weighted by molar-refractivity contribution is 5.81. The largest absolute Gasteiger partial charge is 0.378 e. The molecule has 0 spiro atoms. The first-order valence-electron chi connectivity index (χ1n) is 6.84. The van der Waals surface area contributed by atoms with Gasteiger partial charge in [-0.2, -0.15) is 5.10 Å². The second-order valence-corrected chi connectivity index (χ2v) is 5.15. The van der Waals surface area contributed by atoms with E-state index in [9.17, 15) is 0 Å². The third-order valence-corrected chi connectivity index (χ3v) is 3.33. The number of anilines is 1. The number of para-hydroxylation sites is 1. The van der Waals surface area contributed by atoms with Crippen LogP contribution in [0.15, 0.2) is 48.9 Å². The van der Waals surface area contributed by atoms with Crippen molar-refractivity contribution in [2.45, 2.75) is 26.4 Å². The Labute approximate surface area is 118 Å². The Morgan fingerprint density at radius 3 is 2.85 bits per heavy atom. The average Bonchev–Trinajstić information content (AvgIpc) is 2.94. The molecule has 0 aliphatic heterocycles. The minimum absolute atomic E-state index is 0.379. The van der Waals surface area contributed by atoms with Gasteiger partial charge in [0.25, 0.3) is 0 Å². The SMILES string of the molecule is CC(C)n1cc(NCc2cccc3cccnc23)cn1. The number of hydrogen-bond donors (Lipinski definition) is 1. The second-order valence-electron chi connectivity index (χ2n) is 5.15. The smallest absolute Gasteiger partial charge is 0.0751 e. The lowest BCUT2D eigenvalue weighted by Crippen LogP contribution is -2.01. The van der Waals surface area contributed by atoms with E-state index in [0.29, 0.717) is 6.04 Å². The summed E-state index contributed by atoms with van der Waals surface area (Å²) in [5, 5.41) is 8.90. The summed E-state index contributed by atoms with van der Waals surface area (Å²) in [5.74, 6) is 0. The van der Waals surface area contributed by atoms with Gasteiger partial charge in [-0.3, -0.25) is 9.67 Å². The number of nitrogens with one attached hydrogen (secondary N) is 1. The first-order chi connectivity index (χ1) is 9.74. The molecule has 4 heteroatoms. The van der Waals surface area contributed by atoms with Crippen molar-refractivity contribution in [3.8, 4) is 0 Å². The fourth-order valence-electron chi connectivity index (χ4n) is 2.22. The Morgan fingerprint density at radius 1 is 1.20 bits per heavy atom. The predicted octanol–water partition coefficient (Wildman–Crippen LogP) is 3.62. The van der Waals surface area contributed by atoms with Crippen molar-refractivity contribution in [1.29, 1.82) is 0 Å². The van der Waals surface area contributed by atoms with Gasteiger partial charge in [0, 0.05) is 30.4 Å². The second kappa shape index (κ2) is 5.33. The van der Waals surface area contributed by atoms with Gasteiger partial charge < -0.3 is 5.32 Å². The van der Waals surface area contributed by atoms with Crippen LogP contribution in [0.1, 0.15) is 25.5 Å². The zero-order chi connectivity index (χ0) is 13.9. The number of rotatable bonds is 4. The van der Waals surface area contributed by atoms with Crippen LogP contribution in [-0.4, -0.2) is 14.8 Å². The van der Waals surface area contributed by atoms with Crippen LogP contribution in [0, 0.1) is 0 Å². The molecule has 0 saturated heterocycles. The van der Waals surface area contributed by atoms with E-state index in [1.54, 1.807) is 0 Å². The Bertz CT molecular complexity index is 710. The van der Waals surface area contributed by atoms with Gasteiger partial charge >= 0.3 is 0 Å². The van der Waals surface area contributed by atoms with Crippen LogP contribution in [0.2, 0.25) is 0 Å². The van der Waals surface area contributed by atoms with Crippen molar-refractivity contribution >= 4 is 16.6 Å². The van der Waals surface area contributed by atoms with E-state index < -0.39 is 0 Å². The molecule has 2 aromatic heterocycles. The monoisotopic (exact) mass is 266 g/mol. The zero-order valence-corrected chi connectivity index (χ0v) is 11.7. The lowest BCUT2D eigenvalue weighted by Gasteiger charge is -2.07. The van der Waals surface area contributed by atoms with Crippen LogP contribution in [0.5, 0.6) is 0 Å². The highest BCUT2D eigenvalue weighted by Gasteiger charge is 2.04. The standard InChI is InChI=1S/C16H18N4/c1-12(2)20-11-15(10-19-20)18-9-14-6-3-5-13-7-4-8-17-16(13)14/h3-8,10-12,18H,9H2,1-2H3. The topological polar surface area (TPSA) is 42.7 Å². The molecule has 0 fully saturated rings. The van der Waals surface area contributed by atoms with Gasteiger partial charge in [-0.05, 0) is 25.5 Å². The van der Waals surface area contributed by atoms with E-state index in [-0.39, 0.29) is 0 Å². The first kappa shape index (κ1) is 12.7. The number of aromatic nitrogens is 3. The Kier molecular flexibility index (Phi) is 3.37. The lowest BCUT2D eigenvalue weighted by molar-refractivity contribution is 0.532. The number of pyridine rings is 1. The predicted molar refractivity (Wildman–Crippen MR) is 81.7 cm³/mol. The summed E-state index contributed by atoms with van der Waals surface area (Å²) in [6.07, 6.45) is 5.73. The summed E-state index contributed by atoms with van der Waals surface area (Å²) in [6.45, 7) is 4.98. The molecular formula is C16H18N4. The average molecular weight is 266 g/mol. The van der Waals surface area contributed by atoms with Crippen LogP contribution < -0.4 is 5.32 Å².